The van der Waals surface area contributed by atoms with Crippen molar-refractivity contribution < 1.29 is 13.9 Å². The molecule has 0 radical (unpaired) electrons. The van der Waals surface area contributed by atoms with Gasteiger partial charge in [-0.2, -0.15) is 0 Å². The number of carbonyl (C=O) groups excluding carboxylic acids is 1. The van der Waals surface area contributed by atoms with E-state index in [-0.39, 0.29) is 11.6 Å². The number of halogens is 1. The normalized spacial score (nSPS) is 19.8. The van der Waals surface area contributed by atoms with E-state index in [4.69, 9.17) is 4.74 Å². The van der Waals surface area contributed by atoms with Crippen molar-refractivity contribution in [3.8, 4) is 5.88 Å². The van der Waals surface area contributed by atoms with E-state index in [2.05, 4.69) is 16.9 Å². The third-order valence-corrected chi connectivity index (χ3v) is 6.86. The number of fused-ring (bicyclic) bond motifs is 1. The van der Waals surface area contributed by atoms with Crippen LogP contribution in [0.4, 0.5) is 4.39 Å². The molecule has 1 aliphatic rings. The first-order chi connectivity index (χ1) is 15.1. The Bertz CT molecular complexity index is 1040. The fourth-order valence-corrected chi connectivity index (χ4v) is 5.06. The van der Waals surface area contributed by atoms with Gasteiger partial charge in [-0.15, -0.1) is 0 Å². The molecule has 1 saturated carbocycles. The van der Waals surface area contributed by atoms with Gasteiger partial charge in [-0.1, -0.05) is 13.3 Å². The molecule has 0 amide bonds. The Morgan fingerprint density at radius 1 is 1.13 bits per heavy atom. The molecule has 0 N–H and O–H groups in total. The number of aromatic nitrogens is 2. The molecule has 0 saturated heterocycles. The Hall–Kier alpha value is -2.82. The van der Waals surface area contributed by atoms with Gasteiger partial charge >= 0.3 is 0 Å². The molecular formula is C26H29FN2O2. The molecule has 1 aliphatic carbocycles. The van der Waals surface area contributed by atoms with Crippen LogP contribution in [0.25, 0.3) is 10.9 Å². The molecule has 4 rings (SSSR count). The van der Waals surface area contributed by atoms with Gasteiger partial charge in [0.05, 0.1) is 12.6 Å². The van der Waals surface area contributed by atoms with Gasteiger partial charge in [0, 0.05) is 35.8 Å². The van der Waals surface area contributed by atoms with Crippen molar-refractivity contribution in [2.75, 3.05) is 7.11 Å². The summed E-state index contributed by atoms with van der Waals surface area (Å²) >= 11 is 0. The summed E-state index contributed by atoms with van der Waals surface area (Å²) in [5.74, 6) is 1.80. The molecule has 2 aromatic heterocycles. The maximum absolute atomic E-state index is 13.8. The number of benzene rings is 1. The van der Waals surface area contributed by atoms with Crippen LogP contribution in [0.15, 0.2) is 48.8 Å². The summed E-state index contributed by atoms with van der Waals surface area (Å²) < 4.78 is 18.9. The third kappa shape index (κ3) is 4.76. The molecule has 1 aromatic carbocycles. The first-order valence-corrected chi connectivity index (χ1v) is 11.2. The zero-order chi connectivity index (χ0) is 21.8. The molecule has 0 spiro atoms. The number of pyridine rings is 2. The Morgan fingerprint density at radius 2 is 1.94 bits per heavy atom. The van der Waals surface area contributed by atoms with Crippen LogP contribution in [-0.4, -0.2) is 22.9 Å². The Kier molecular flexibility index (Phi) is 6.59. The number of methoxy groups -OCH3 is 1. The average molecular weight is 421 g/mol. The largest absolute Gasteiger partial charge is 0.481 e. The van der Waals surface area contributed by atoms with Gasteiger partial charge in [0.2, 0.25) is 5.88 Å². The molecule has 2 heterocycles. The molecule has 3 aromatic rings. The summed E-state index contributed by atoms with van der Waals surface area (Å²) in [6, 6.07) is 10.4. The summed E-state index contributed by atoms with van der Waals surface area (Å²) in [5, 5.41) is 0.931. The lowest BCUT2D eigenvalue weighted by Gasteiger charge is -2.34. The van der Waals surface area contributed by atoms with Crippen molar-refractivity contribution in [2.24, 2.45) is 11.8 Å². The van der Waals surface area contributed by atoms with Crippen molar-refractivity contribution in [3.63, 3.8) is 0 Å². The monoisotopic (exact) mass is 420 g/mol. The van der Waals surface area contributed by atoms with E-state index in [1.165, 1.54) is 11.6 Å². The van der Waals surface area contributed by atoms with Gasteiger partial charge in [-0.3, -0.25) is 9.78 Å². The number of hydrogen-bond acceptors (Lipinski definition) is 4. The highest BCUT2D eigenvalue weighted by Crippen LogP contribution is 2.42. The van der Waals surface area contributed by atoms with Crippen molar-refractivity contribution in [1.82, 2.24) is 9.97 Å². The van der Waals surface area contributed by atoms with Gasteiger partial charge in [0.15, 0.2) is 5.78 Å². The molecule has 4 nitrogen and oxygen atoms in total. The summed E-state index contributed by atoms with van der Waals surface area (Å²) in [7, 11) is 1.57. The van der Waals surface area contributed by atoms with Crippen LogP contribution in [0, 0.1) is 17.7 Å². The van der Waals surface area contributed by atoms with E-state index in [0.29, 0.717) is 35.6 Å². The maximum Gasteiger partial charge on any atom is 0.212 e. The van der Waals surface area contributed by atoms with Crippen molar-refractivity contribution in [2.45, 2.75) is 51.4 Å². The van der Waals surface area contributed by atoms with Crippen molar-refractivity contribution in [1.29, 1.82) is 0 Å². The van der Waals surface area contributed by atoms with E-state index in [1.54, 1.807) is 37.6 Å². The number of Topliss-reactive ketones (excluding diaryl/α,β-unsaturated/α-hetero) is 1. The van der Waals surface area contributed by atoms with Crippen LogP contribution in [0.5, 0.6) is 5.88 Å². The number of ether oxygens (including phenoxy) is 1. The van der Waals surface area contributed by atoms with Gasteiger partial charge in [-0.05, 0) is 79.3 Å². The predicted molar refractivity (Wildman–Crippen MR) is 120 cm³/mol. The lowest BCUT2D eigenvalue weighted by atomic mass is 9.71. The topological polar surface area (TPSA) is 52.1 Å². The second kappa shape index (κ2) is 9.54. The zero-order valence-electron chi connectivity index (χ0n) is 18.2. The third-order valence-electron chi connectivity index (χ3n) is 6.86. The number of rotatable bonds is 7. The molecule has 1 fully saturated rings. The SMILES string of the molecule is CC[C@@H](CC(=O)c1ccc(OC)nc1)C1CCC(c2ccnc3ccc(F)cc23)CC1. The standard InChI is InChI=1S/C26H29FN2O2/c1-3-17(14-25(30)20-8-11-26(31-2)29-16-20)18-4-6-19(7-5-18)22-12-13-28-24-10-9-21(27)15-23(22)24/h8-13,15-19H,3-7,14H2,1-2H3/t17-,18?,19?/m0/s1. The van der Waals surface area contributed by atoms with Crippen molar-refractivity contribution >= 4 is 16.7 Å². The highest BCUT2D eigenvalue weighted by atomic mass is 19.1. The minimum atomic E-state index is -0.215. The average Bonchev–Trinajstić information content (AvgIpc) is 2.82. The quantitative estimate of drug-likeness (QED) is 0.418. The Balaban J connectivity index is 1.41. The highest BCUT2D eigenvalue weighted by Gasteiger charge is 2.29. The lowest BCUT2D eigenvalue weighted by Crippen LogP contribution is -2.23. The van der Waals surface area contributed by atoms with Gasteiger partial charge < -0.3 is 4.74 Å². The molecule has 0 unspecified atom stereocenters. The van der Waals surface area contributed by atoms with Gasteiger partial charge in [0.25, 0.3) is 0 Å². The van der Waals surface area contributed by atoms with E-state index in [9.17, 15) is 9.18 Å². The van der Waals surface area contributed by atoms with E-state index in [0.717, 1.165) is 43.0 Å². The molecule has 0 aliphatic heterocycles. The summed E-state index contributed by atoms with van der Waals surface area (Å²) in [4.78, 5) is 21.4. The first kappa shape index (κ1) is 21.4. The predicted octanol–water partition coefficient (Wildman–Crippen LogP) is 6.35. The molecule has 0 bridgehead atoms. The minimum Gasteiger partial charge on any atom is -0.481 e. The minimum absolute atomic E-state index is 0.153. The van der Waals surface area contributed by atoms with Crippen molar-refractivity contribution in [3.05, 3.63) is 65.7 Å². The zero-order valence-corrected chi connectivity index (χ0v) is 18.2. The molecular weight excluding hydrogens is 391 g/mol. The molecule has 31 heavy (non-hydrogen) atoms. The van der Waals surface area contributed by atoms with Crippen LogP contribution in [-0.2, 0) is 0 Å². The van der Waals surface area contributed by atoms with E-state index in [1.807, 2.05) is 12.3 Å². The number of ketones is 1. The Morgan fingerprint density at radius 3 is 2.61 bits per heavy atom. The fraction of sp³-hybridized carbons (Fsp3) is 0.423. The smallest absolute Gasteiger partial charge is 0.212 e. The second-order valence-corrected chi connectivity index (χ2v) is 8.56. The Labute approximate surface area is 182 Å². The van der Waals surface area contributed by atoms with Crippen LogP contribution in [0.3, 0.4) is 0 Å². The lowest BCUT2D eigenvalue weighted by molar-refractivity contribution is 0.0925. The van der Waals surface area contributed by atoms with Crippen LogP contribution >= 0.6 is 0 Å². The molecule has 1 atom stereocenters. The van der Waals surface area contributed by atoms with E-state index < -0.39 is 0 Å². The highest BCUT2D eigenvalue weighted by molar-refractivity contribution is 5.96. The van der Waals surface area contributed by atoms with E-state index >= 15 is 0 Å². The van der Waals surface area contributed by atoms with Crippen LogP contribution in [0.1, 0.15) is 67.3 Å². The van der Waals surface area contributed by atoms with Crippen LogP contribution < -0.4 is 4.74 Å². The fourth-order valence-electron chi connectivity index (χ4n) is 5.06. The summed E-state index contributed by atoms with van der Waals surface area (Å²) in [6.45, 7) is 2.18. The van der Waals surface area contributed by atoms with Gasteiger partial charge in [0.1, 0.15) is 5.82 Å². The number of carbonyl (C=O) groups is 1. The number of hydrogen-bond donors (Lipinski definition) is 0. The van der Waals surface area contributed by atoms with Gasteiger partial charge in [-0.25, -0.2) is 9.37 Å². The second-order valence-electron chi connectivity index (χ2n) is 8.56. The summed E-state index contributed by atoms with van der Waals surface area (Å²) in [6.07, 6.45) is 9.31. The first-order valence-electron chi connectivity index (χ1n) is 11.2. The molecule has 162 valence electrons. The maximum atomic E-state index is 13.8. The molecule has 5 heteroatoms. The van der Waals surface area contributed by atoms with Crippen LogP contribution in [0.2, 0.25) is 0 Å². The summed E-state index contributed by atoms with van der Waals surface area (Å²) in [5.41, 5.74) is 2.71. The number of nitrogens with zero attached hydrogens (tertiary/aromatic N) is 2.